The van der Waals surface area contributed by atoms with E-state index in [1.165, 1.54) is 0 Å². The molecule has 0 aromatic heterocycles. The van der Waals surface area contributed by atoms with Crippen LogP contribution in [0.5, 0.6) is 0 Å². The predicted molar refractivity (Wildman–Crippen MR) is 205 cm³/mol. The maximum atomic E-state index is 14.8. The summed E-state index contributed by atoms with van der Waals surface area (Å²) in [4.78, 5) is 0. The van der Waals surface area contributed by atoms with Gasteiger partial charge in [0.25, 0.3) is 0 Å². The van der Waals surface area contributed by atoms with Gasteiger partial charge in [-0.2, -0.15) is 0 Å². The van der Waals surface area contributed by atoms with Gasteiger partial charge in [0.1, 0.15) is 0 Å². The quantitative estimate of drug-likeness (QED) is 0.0765. The van der Waals surface area contributed by atoms with Crippen LogP contribution < -0.4 is 0 Å². The van der Waals surface area contributed by atoms with E-state index in [-0.39, 0.29) is 72.2 Å². The van der Waals surface area contributed by atoms with E-state index in [0.717, 1.165) is 44.5 Å². The molecule has 2 radical (unpaired) electrons. The van der Waals surface area contributed by atoms with Crippen LogP contribution in [-0.2, 0) is 39.0 Å². The summed E-state index contributed by atoms with van der Waals surface area (Å²) < 4.78 is 115. The average molecular weight is 997 g/mol. The molecule has 12 heteroatoms. The van der Waals surface area contributed by atoms with Crippen LogP contribution in [0.15, 0.2) is 146 Å². The Morgan fingerprint density at radius 1 is 0.250 bits per heavy atom. The molecule has 6 aromatic carbocycles. The Labute approximate surface area is 365 Å². The molecule has 4 atom stereocenters. The Morgan fingerprint density at radius 2 is 0.417 bits per heavy atom. The third-order valence-corrected chi connectivity index (χ3v) is 11.1. The van der Waals surface area contributed by atoms with Gasteiger partial charge in [0, 0.05) is 84.9 Å². The van der Waals surface area contributed by atoms with Crippen LogP contribution in [0.1, 0.15) is 68.2 Å². The number of allylic oxidation sites excluding steroid dienone is 8. The van der Waals surface area contributed by atoms with Crippen LogP contribution in [-0.4, -0.2) is 11.0 Å². The molecule has 0 aliphatic heterocycles. The SMILES string of the molecule is Fc1c(F)c(F)c2c(c1F)[C@@H]1C=C(c3ccccc3)[C@H]2C=C1c1ccccc1.Fc1c(F)c(F)c2c(c1F)[C@@H]1C=C(c3ccccc3)[C@H]2C=C1c1ccccc1.[OH-].[OH-].[Rh].[Rh]. The summed E-state index contributed by atoms with van der Waals surface area (Å²) in [6.07, 6.45) is 7.35. The zero-order valence-corrected chi connectivity index (χ0v) is 34.0. The summed E-state index contributed by atoms with van der Waals surface area (Å²) in [6.45, 7) is 0. The van der Waals surface area contributed by atoms with Crippen LogP contribution >= 0.6 is 0 Å². The minimum absolute atomic E-state index is 0. The van der Waals surface area contributed by atoms with Crippen molar-refractivity contribution >= 4 is 22.3 Å². The largest absolute Gasteiger partial charge is 0.870 e. The van der Waals surface area contributed by atoms with Gasteiger partial charge >= 0.3 is 0 Å². The molecule has 310 valence electrons. The first kappa shape index (κ1) is 46.0. The molecular weight excluding hydrogens is 966 g/mol. The van der Waals surface area contributed by atoms with Crippen LogP contribution in [0.3, 0.4) is 0 Å². The summed E-state index contributed by atoms with van der Waals surface area (Å²) in [5.41, 5.74) is 6.00. The molecule has 0 saturated carbocycles. The average Bonchev–Trinajstić information content (AvgIpc) is 3.26. The number of benzene rings is 6. The van der Waals surface area contributed by atoms with Gasteiger partial charge in [0.05, 0.1) is 0 Å². The van der Waals surface area contributed by atoms with Crippen LogP contribution in [0, 0.1) is 46.5 Å². The van der Waals surface area contributed by atoms with Gasteiger partial charge in [-0.3, -0.25) is 0 Å². The number of halogens is 8. The molecule has 60 heavy (non-hydrogen) atoms. The zero-order valence-electron chi connectivity index (χ0n) is 30.8. The summed E-state index contributed by atoms with van der Waals surface area (Å²) >= 11 is 0. The summed E-state index contributed by atoms with van der Waals surface area (Å²) in [5, 5.41) is 0. The third-order valence-electron chi connectivity index (χ3n) is 11.1. The molecule has 6 aromatic rings. The molecular formula is C48H30F8O2Rh2-2. The van der Waals surface area contributed by atoms with Gasteiger partial charge in [0.15, 0.2) is 46.5 Å². The molecule has 0 fully saturated rings. The molecule has 0 heterocycles. The predicted octanol–water partition coefficient (Wildman–Crippen LogP) is 12.9. The van der Waals surface area contributed by atoms with Crippen LogP contribution in [0.25, 0.3) is 22.3 Å². The van der Waals surface area contributed by atoms with Crippen molar-refractivity contribution in [1.29, 1.82) is 0 Å². The molecule has 0 unspecified atom stereocenters. The molecule has 2 N–H and O–H groups in total. The number of hydrogen-bond donors (Lipinski definition) is 0. The van der Waals surface area contributed by atoms with Crippen molar-refractivity contribution < 1.29 is 85.0 Å². The molecule has 6 aliphatic rings. The second-order valence-corrected chi connectivity index (χ2v) is 14.0. The number of rotatable bonds is 4. The fraction of sp³-hybridized carbons (Fsp3) is 0.0833. The fourth-order valence-corrected chi connectivity index (χ4v) is 8.62. The van der Waals surface area contributed by atoms with Crippen molar-refractivity contribution in [2.45, 2.75) is 23.7 Å². The van der Waals surface area contributed by atoms with Crippen molar-refractivity contribution in [3.63, 3.8) is 0 Å². The molecule has 0 amide bonds. The Morgan fingerprint density at radius 3 is 0.583 bits per heavy atom. The van der Waals surface area contributed by atoms with Crippen molar-refractivity contribution in [2.24, 2.45) is 0 Å². The Hall–Kier alpha value is -5.11. The second-order valence-electron chi connectivity index (χ2n) is 14.0. The van der Waals surface area contributed by atoms with E-state index < -0.39 is 70.2 Å². The smallest absolute Gasteiger partial charge is 0.197 e. The maximum absolute atomic E-state index is 14.8. The standard InChI is InChI=1S/2C24H14F4.2H2O.2Rh/c2*25-21-19-17-12-16(14-9-5-2-6-10-14)18(20(19)22(26)24(28)23(21)27)11-15(17)13-7-3-1-4-8-13;;;;/h2*1-12,17-18H;2*1H2;;/p-2/t2*17-,18-;;;;/m11..../s1. The van der Waals surface area contributed by atoms with Gasteiger partial charge in [-0.05, 0) is 44.5 Å². The molecule has 2 nitrogen and oxygen atoms in total. The van der Waals surface area contributed by atoms with Gasteiger partial charge < -0.3 is 11.0 Å². The number of hydrogen-bond acceptors (Lipinski definition) is 2. The van der Waals surface area contributed by atoms with E-state index in [0.29, 0.717) is 0 Å². The first-order valence-electron chi connectivity index (χ1n) is 18.0. The Kier molecular flexibility index (Phi) is 14.0. The van der Waals surface area contributed by atoms with E-state index in [2.05, 4.69) is 0 Å². The van der Waals surface area contributed by atoms with Crippen LogP contribution in [0.2, 0.25) is 0 Å². The van der Waals surface area contributed by atoms with Crippen LogP contribution in [0.4, 0.5) is 35.1 Å². The monoisotopic (exact) mass is 996 g/mol. The van der Waals surface area contributed by atoms with E-state index in [4.69, 9.17) is 0 Å². The Bertz CT molecular complexity index is 2320. The first-order chi connectivity index (χ1) is 27.2. The summed E-state index contributed by atoms with van der Waals surface area (Å²) in [7, 11) is 0. The van der Waals surface area contributed by atoms with Crippen molar-refractivity contribution in [3.8, 4) is 0 Å². The molecule has 12 rings (SSSR count). The summed E-state index contributed by atoms with van der Waals surface area (Å²) in [6, 6.07) is 37.2. The van der Waals surface area contributed by atoms with E-state index >= 15 is 0 Å². The minimum atomic E-state index is -1.76. The normalized spacial score (nSPS) is 18.5. The van der Waals surface area contributed by atoms with Gasteiger partial charge in [-0.15, -0.1) is 0 Å². The topological polar surface area (TPSA) is 60.0 Å². The first-order valence-corrected chi connectivity index (χ1v) is 18.0. The minimum Gasteiger partial charge on any atom is -0.870 e. The fourth-order valence-electron chi connectivity index (χ4n) is 8.62. The second kappa shape index (κ2) is 18.2. The zero-order chi connectivity index (χ0) is 38.8. The van der Waals surface area contributed by atoms with Crippen molar-refractivity contribution in [1.82, 2.24) is 0 Å². The molecule has 0 saturated heterocycles. The van der Waals surface area contributed by atoms with Gasteiger partial charge in [-0.1, -0.05) is 146 Å². The molecule has 0 spiro atoms. The van der Waals surface area contributed by atoms with Crippen molar-refractivity contribution in [2.75, 3.05) is 0 Å². The third kappa shape index (κ3) is 7.38. The van der Waals surface area contributed by atoms with E-state index in [1.807, 2.05) is 146 Å². The Balaban J connectivity index is 0.000000213. The summed E-state index contributed by atoms with van der Waals surface area (Å²) in [5.74, 6) is -15.0. The van der Waals surface area contributed by atoms with Crippen molar-refractivity contribution in [3.05, 3.63) is 237 Å². The van der Waals surface area contributed by atoms with Gasteiger partial charge in [-0.25, -0.2) is 35.1 Å². The van der Waals surface area contributed by atoms with E-state index in [1.54, 1.807) is 0 Å². The molecule has 4 bridgehead atoms. The van der Waals surface area contributed by atoms with Gasteiger partial charge in [0.2, 0.25) is 0 Å². The molecule has 6 aliphatic carbocycles. The maximum Gasteiger partial charge on any atom is 0.197 e. The van der Waals surface area contributed by atoms with E-state index in [9.17, 15) is 35.1 Å².